The minimum Gasteiger partial charge on any atom is -0.464 e. The van der Waals surface area contributed by atoms with Crippen molar-refractivity contribution in [3.8, 4) is 0 Å². The first kappa shape index (κ1) is 13.6. The van der Waals surface area contributed by atoms with Crippen molar-refractivity contribution in [2.45, 2.75) is 6.18 Å². The molecule has 0 amide bonds. The molecule has 19 heavy (non-hydrogen) atoms. The molecular formula is C12H7ClF3NO2. The van der Waals surface area contributed by atoms with E-state index >= 15 is 0 Å². The summed E-state index contributed by atoms with van der Waals surface area (Å²) >= 11 is 5.90. The number of halogens is 4. The lowest BCUT2D eigenvalue weighted by Crippen LogP contribution is -2.07. The number of hydrogen-bond donors (Lipinski definition) is 0. The Morgan fingerprint density at radius 2 is 2.00 bits per heavy atom. The van der Waals surface area contributed by atoms with E-state index < -0.39 is 17.7 Å². The molecule has 0 N–H and O–H groups in total. The highest BCUT2D eigenvalue weighted by Crippen LogP contribution is 2.32. The fraction of sp³-hybridized carbons (Fsp3) is 0.167. The summed E-state index contributed by atoms with van der Waals surface area (Å²) in [4.78, 5) is 15.1. The van der Waals surface area contributed by atoms with E-state index in [9.17, 15) is 18.0 Å². The van der Waals surface area contributed by atoms with Crippen LogP contribution in [0.3, 0.4) is 0 Å². The molecule has 1 heterocycles. The molecule has 100 valence electrons. The van der Waals surface area contributed by atoms with Crippen molar-refractivity contribution in [2.24, 2.45) is 0 Å². The van der Waals surface area contributed by atoms with Crippen molar-refractivity contribution in [3.63, 3.8) is 0 Å². The Morgan fingerprint density at radius 1 is 1.32 bits per heavy atom. The topological polar surface area (TPSA) is 39.2 Å². The van der Waals surface area contributed by atoms with E-state index in [1.54, 1.807) is 0 Å². The zero-order valence-electron chi connectivity index (χ0n) is 9.58. The molecule has 0 fully saturated rings. The molecule has 2 aromatic rings. The number of benzene rings is 1. The molecule has 0 spiro atoms. The molecule has 0 saturated carbocycles. The van der Waals surface area contributed by atoms with Crippen molar-refractivity contribution in [1.29, 1.82) is 0 Å². The van der Waals surface area contributed by atoms with Gasteiger partial charge in [0.25, 0.3) is 0 Å². The second-order valence-corrected chi connectivity index (χ2v) is 4.12. The van der Waals surface area contributed by atoms with Gasteiger partial charge in [-0.05, 0) is 18.2 Å². The van der Waals surface area contributed by atoms with Gasteiger partial charge in [0.05, 0.1) is 23.2 Å². The van der Waals surface area contributed by atoms with Gasteiger partial charge in [0.2, 0.25) is 0 Å². The summed E-state index contributed by atoms with van der Waals surface area (Å²) in [5.74, 6) is -0.763. The first-order chi connectivity index (χ1) is 8.82. The predicted octanol–water partition coefficient (Wildman–Crippen LogP) is 3.69. The molecule has 0 radical (unpaired) electrons. The minimum absolute atomic E-state index is 0.0114. The van der Waals surface area contributed by atoms with Crippen LogP contribution < -0.4 is 0 Å². The third-order valence-corrected chi connectivity index (χ3v) is 2.79. The third kappa shape index (κ3) is 2.63. The molecule has 7 heteroatoms. The zero-order chi connectivity index (χ0) is 14.2. The van der Waals surface area contributed by atoms with Crippen molar-refractivity contribution < 1.29 is 22.7 Å². The number of hydrogen-bond acceptors (Lipinski definition) is 3. The molecule has 0 unspecified atom stereocenters. The minimum atomic E-state index is -4.48. The summed E-state index contributed by atoms with van der Waals surface area (Å²) in [5, 5.41) is 0.474. The highest BCUT2D eigenvalue weighted by atomic mass is 35.5. The summed E-state index contributed by atoms with van der Waals surface area (Å²) in [7, 11) is 1.15. The number of pyridine rings is 1. The maximum Gasteiger partial charge on any atom is 0.416 e. The fourth-order valence-electron chi connectivity index (χ4n) is 1.57. The predicted molar refractivity (Wildman–Crippen MR) is 63.1 cm³/mol. The number of fused-ring (bicyclic) bond motifs is 1. The second kappa shape index (κ2) is 4.70. The fourth-order valence-corrected chi connectivity index (χ4v) is 1.83. The molecule has 0 atom stereocenters. The standard InChI is InChI=1S/C12H7ClF3NO2/c1-19-11(18)10-5-8(13)7-3-2-6(12(14,15)16)4-9(7)17-10/h2-5H,1H3. The van der Waals surface area contributed by atoms with Gasteiger partial charge in [-0.15, -0.1) is 0 Å². The number of carbonyl (C=O) groups is 1. The quantitative estimate of drug-likeness (QED) is 0.752. The van der Waals surface area contributed by atoms with Crippen LogP contribution in [0.5, 0.6) is 0 Å². The lowest BCUT2D eigenvalue weighted by atomic mass is 10.1. The monoisotopic (exact) mass is 289 g/mol. The molecule has 0 aliphatic rings. The molecule has 3 nitrogen and oxygen atoms in total. The van der Waals surface area contributed by atoms with Crippen LogP contribution >= 0.6 is 11.6 Å². The van der Waals surface area contributed by atoms with E-state index in [1.807, 2.05) is 0 Å². The molecule has 0 aliphatic carbocycles. The van der Waals surface area contributed by atoms with E-state index in [-0.39, 0.29) is 16.2 Å². The first-order valence-corrected chi connectivity index (χ1v) is 5.46. The van der Waals surface area contributed by atoms with E-state index in [1.165, 1.54) is 12.1 Å². The molecule has 1 aromatic heterocycles. The number of ether oxygens (including phenoxy) is 1. The Bertz CT molecular complexity index is 655. The van der Waals surface area contributed by atoms with E-state index in [0.29, 0.717) is 5.39 Å². The van der Waals surface area contributed by atoms with Crippen molar-refractivity contribution in [1.82, 2.24) is 4.98 Å². The zero-order valence-corrected chi connectivity index (χ0v) is 10.3. The Balaban J connectivity index is 2.66. The van der Waals surface area contributed by atoms with Gasteiger partial charge in [-0.3, -0.25) is 0 Å². The van der Waals surface area contributed by atoms with Crippen molar-refractivity contribution in [3.05, 3.63) is 40.5 Å². The number of esters is 1. The molecule has 1 aromatic carbocycles. The van der Waals surface area contributed by atoms with Gasteiger partial charge in [0.15, 0.2) is 5.69 Å². The molecule has 0 bridgehead atoms. The summed E-state index contributed by atoms with van der Waals surface area (Å²) in [6.07, 6.45) is -4.48. The van der Waals surface area contributed by atoms with Gasteiger partial charge in [-0.1, -0.05) is 17.7 Å². The Kier molecular flexibility index (Phi) is 3.36. The molecule has 2 rings (SSSR count). The molecule has 0 aliphatic heterocycles. The van der Waals surface area contributed by atoms with Gasteiger partial charge in [0, 0.05) is 5.39 Å². The van der Waals surface area contributed by atoms with Crippen LogP contribution in [0.25, 0.3) is 10.9 Å². The molecular weight excluding hydrogens is 283 g/mol. The van der Waals surface area contributed by atoms with Crippen LogP contribution in [-0.4, -0.2) is 18.1 Å². The SMILES string of the molecule is COC(=O)c1cc(Cl)c2ccc(C(F)(F)F)cc2n1. The second-order valence-electron chi connectivity index (χ2n) is 3.71. The Labute approximate surface area is 111 Å². The van der Waals surface area contributed by atoms with Crippen LogP contribution in [-0.2, 0) is 10.9 Å². The Hall–Kier alpha value is -1.82. The third-order valence-electron chi connectivity index (χ3n) is 2.48. The number of nitrogens with zero attached hydrogens (tertiary/aromatic N) is 1. The van der Waals surface area contributed by atoms with E-state index in [4.69, 9.17) is 11.6 Å². The lowest BCUT2D eigenvalue weighted by Gasteiger charge is -2.09. The van der Waals surface area contributed by atoms with Gasteiger partial charge >= 0.3 is 12.1 Å². The highest BCUT2D eigenvalue weighted by Gasteiger charge is 2.30. The average molecular weight is 290 g/mol. The van der Waals surface area contributed by atoms with Crippen molar-refractivity contribution in [2.75, 3.05) is 7.11 Å². The average Bonchev–Trinajstić information content (AvgIpc) is 2.36. The highest BCUT2D eigenvalue weighted by molar-refractivity contribution is 6.35. The van der Waals surface area contributed by atoms with Crippen LogP contribution in [0, 0.1) is 0 Å². The first-order valence-electron chi connectivity index (χ1n) is 5.09. The smallest absolute Gasteiger partial charge is 0.416 e. The van der Waals surface area contributed by atoms with Gasteiger partial charge < -0.3 is 4.74 Å². The summed E-state index contributed by atoms with van der Waals surface area (Å²) < 4.78 is 42.2. The lowest BCUT2D eigenvalue weighted by molar-refractivity contribution is -0.137. The van der Waals surface area contributed by atoms with E-state index in [0.717, 1.165) is 19.2 Å². The summed E-state index contributed by atoms with van der Waals surface area (Å²) in [6.45, 7) is 0. The van der Waals surface area contributed by atoms with Crippen LogP contribution in [0.15, 0.2) is 24.3 Å². The van der Waals surface area contributed by atoms with Gasteiger partial charge in [-0.2, -0.15) is 13.2 Å². The van der Waals surface area contributed by atoms with Crippen LogP contribution in [0.2, 0.25) is 5.02 Å². The number of methoxy groups -OCH3 is 1. The maximum atomic E-state index is 12.6. The maximum absolute atomic E-state index is 12.6. The Morgan fingerprint density at radius 3 is 2.58 bits per heavy atom. The number of alkyl halides is 3. The summed E-state index contributed by atoms with van der Waals surface area (Å²) in [6, 6.07) is 4.22. The summed E-state index contributed by atoms with van der Waals surface area (Å²) in [5.41, 5.74) is -1.01. The molecule has 0 saturated heterocycles. The van der Waals surface area contributed by atoms with Crippen LogP contribution in [0.1, 0.15) is 16.1 Å². The van der Waals surface area contributed by atoms with Gasteiger partial charge in [0.1, 0.15) is 0 Å². The number of carbonyl (C=O) groups excluding carboxylic acids is 1. The number of aromatic nitrogens is 1. The largest absolute Gasteiger partial charge is 0.464 e. The van der Waals surface area contributed by atoms with Crippen molar-refractivity contribution >= 4 is 28.5 Å². The van der Waals surface area contributed by atoms with Crippen LogP contribution in [0.4, 0.5) is 13.2 Å². The normalized spacial score (nSPS) is 11.6. The van der Waals surface area contributed by atoms with Gasteiger partial charge in [-0.25, -0.2) is 9.78 Å². The number of rotatable bonds is 1. The van der Waals surface area contributed by atoms with E-state index in [2.05, 4.69) is 9.72 Å².